The van der Waals surface area contributed by atoms with Gasteiger partial charge in [-0.2, -0.15) is 0 Å². The van der Waals surface area contributed by atoms with E-state index in [4.69, 9.17) is 4.74 Å². The SMILES string of the molecule is CCCNC(c1c(C)c(C)cc(C)c1C)C1CCCCO1. The Hall–Kier alpha value is -0.860. The van der Waals surface area contributed by atoms with Crippen molar-refractivity contribution < 1.29 is 4.74 Å². The third-order valence-electron chi connectivity index (χ3n) is 4.94. The third-order valence-corrected chi connectivity index (χ3v) is 4.94. The molecule has 1 aliphatic heterocycles. The first kappa shape index (κ1) is 16.5. The predicted molar refractivity (Wildman–Crippen MR) is 90.0 cm³/mol. The van der Waals surface area contributed by atoms with Crippen molar-refractivity contribution in [1.82, 2.24) is 5.32 Å². The van der Waals surface area contributed by atoms with Crippen LogP contribution in [0.3, 0.4) is 0 Å². The Morgan fingerprint density at radius 2 is 1.81 bits per heavy atom. The molecule has 1 N–H and O–H groups in total. The molecular formula is C19H31NO. The van der Waals surface area contributed by atoms with Crippen LogP contribution in [0, 0.1) is 27.7 Å². The fraction of sp³-hybridized carbons (Fsp3) is 0.684. The second-order valence-corrected chi connectivity index (χ2v) is 6.51. The molecule has 0 amide bonds. The average Bonchev–Trinajstić information content (AvgIpc) is 2.49. The fourth-order valence-electron chi connectivity index (χ4n) is 3.46. The normalized spacial score (nSPS) is 20.5. The smallest absolute Gasteiger partial charge is 0.0769 e. The minimum absolute atomic E-state index is 0.323. The van der Waals surface area contributed by atoms with Crippen molar-refractivity contribution in [1.29, 1.82) is 0 Å². The van der Waals surface area contributed by atoms with Crippen molar-refractivity contribution in [3.8, 4) is 0 Å². The van der Waals surface area contributed by atoms with E-state index in [1.807, 2.05) is 0 Å². The van der Waals surface area contributed by atoms with Crippen LogP contribution < -0.4 is 5.32 Å². The van der Waals surface area contributed by atoms with Gasteiger partial charge in [-0.15, -0.1) is 0 Å². The quantitative estimate of drug-likeness (QED) is 0.860. The van der Waals surface area contributed by atoms with Crippen molar-refractivity contribution in [3.63, 3.8) is 0 Å². The maximum atomic E-state index is 6.12. The first-order valence-electron chi connectivity index (χ1n) is 8.48. The summed E-state index contributed by atoms with van der Waals surface area (Å²) in [6.07, 6.45) is 5.16. The van der Waals surface area contributed by atoms with Gasteiger partial charge in [0, 0.05) is 6.61 Å². The van der Waals surface area contributed by atoms with Gasteiger partial charge in [-0.05, 0) is 87.7 Å². The Balaban J connectivity index is 2.40. The highest BCUT2D eigenvalue weighted by molar-refractivity contribution is 5.46. The highest BCUT2D eigenvalue weighted by Crippen LogP contribution is 2.33. The second kappa shape index (κ2) is 7.42. The van der Waals surface area contributed by atoms with E-state index in [2.05, 4.69) is 46.0 Å². The minimum atomic E-state index is 0.323. The summed E-state index contributed by atoms with van der Waals surface area (Å²) in [5.74, 6) is 0. The molecule has 0 bridgehead atoms. The molecule has 1 aromatic carbocycles. The number of aryl methyl sites for hydroxylation is 2. The summed E-state index contributed by atoms with van der Waals surface area (Å²) in [5, 5.41) is 3.77. The van der Waals surface area contributed by atoms with E-state index >= 15 is 0 Å². The lowest BCUT2D eigenvalue weighted by Gasteiger charge is -2.34. The van der Waals surface area contributed by atoms with Gasteiger partial charge in [0.1, 0.15) is 0 Å². The van der Waals surface area contributed by atoms with E-state index in [-0.39, 0.29) is 0 Å². The number of rotatable bonds is 5. The molecule has 1 aromatic rings. The molecule has 118 valence electrons. The maximum Gasteiger partial charge on any atom is 0.0769 e. The molecule has 1 saturated heterocycles. The molecule has 0 aromatic heterocycles. The van der Waals surface area contributed by atoms with Gasteiger partial charge in [0.15, 0.2) is 0 Å². The fourth-order valence-corrected chi connectivity index (χ4v) is 3.46. The monoisotopic (exact) mass is 289 g/mol. The van der Waals surface area contributed by atoms with Crippen molar-refractivity contribution >= 4 is 0 Å². The number of hydrogen-bond donors (Lipinski definition) is 1. The maximum absolute atomic E-state index is 6.12. The van der Waals surface area contributed by atoms with E-state index < -0.39 is 0 Å². The lowest BCUT2D eigenvalue weighted by molar-refractivity contribution is -0.00843. The number of ether oxygens (including phenoxy) is 1. The molecule has 2 nitrogen and oxygen atoms in total. The van der Waals surface area contributed by atoms with E-state index in [0.717, 1.165) is 19.6 Å². The van der Waals surface area contributed by atoms with Crippen molar-refractivity contribution in [2.75, 3.05) is 13.2 Å². The molecule has 0 spiro atoms. The van der Waals surface area contributed by atoms with E-state index in [1.54, 1.807) is 0 Å². The van der Waals surface area contributed by atoms with E-state index in [1.165, 1.54) is 47.1 Å². The summed E-state index contributed by atoms with van der Waals surface area (Å²) >= 11 is 0. The molecule has 2 unspecified atom stereocenters. The molecule has 1 aliphatic rings. The van der Waals surface area contributed by atoms with Crippen LogP contribution >= 0.6 is 0 Å². The Bertz CT molecular complexity index is 449. The van der Waals surface area contributed by atoms with Crippen LogP contribution in [0.25, 0.3) is 0 Å². The molecular weight excluding hydrogens is 258 g/mol. The minimum Gasteiger partial charge on any atom is -0.376 e. The summed E-state index contributed by atoms with van der Waals surface area (Å²) in [5.41, 5.74) is 7.13. The van der Waals surface area contributed by atoms with Gasteiger partial charge in [0.25, 0.3) is 0 Å². The van der Waals surface area contributed by atoms with Gasteiger partial charge < -0.3 is 10.1 Å². The Kier molecular flexibility index (Phi) is 5.83. The van der Waals surface area contributed by atoms with Crippen LogP contribution in [0.15, 0.2) is 6.07 Å². The highest BCUT2D eigenvalue weighted by Gasteiger charge is 2.28. The topological polar surface area (TPSA) is 21.3 Å². The van der Waals surface area contributed by atoms with Crippen LogP contribution in [0.4, 0.5) is 0 Å². The summed E-state index contributed by atoms with van der Waals surface area (Å²) < 4.78 is 6.12. The first-order valence-corrected chi connectivity index (χ1v) is 8.48. The van der Waals surface area contributed by atoms with Crippen LogP contribution in [-0.2, 0) is 4.74 Å². The van der Waals surface area contributed by atoms with Crippen LogP contribution in [-0.4, -0.2) is 19.3 Å². The van der Waals surface area contributed by atoms with Gasteiger partial charge in [-0.25, -0.2) is 0 Å². The zero-order valence-corrected chi connectivity index (χ0v) is 14.4. The molecule has 1 heterocycles. The zero-order chi connectivity index (χ0) is 15.4. The second-order valence-electron chi connectivity index (χ2n) is 6.51. The van der Waals surface area contributed by atoms with Crippen LogP contribution in [0.1, 0.15) is 66.5 Å². The summed E-state index contributed by atoms with van der Waals surface area (Å²) in [7, 11) is 0. The van der Waals surface area contributed by atoms with Crippen LogP contribution in [0.5, 0.6) is 0 Å². The van der Waals surface area contributed by atoms with E-state index in [9.17, 15) is 0 Å². The van der Waals surface area contributed by atoms with Crippen molar-refractivity contribution in [2.24, 2.45) is 0 Å². The lowest BCUT2D eigenvalue weighted by Crippen LogP contribution is -2.37. The van der Waals surface area contributed by atoms with Gasteiger partial charge in [-0.3, -0.25) is 0 Å². The molecule has 2 atom stereocenters. The molecule has 0 aliphatic carbocycles. The molecule has 0 saturated carbocycles. The van der Waals surface area contributed by atoms with Gasteiger partial charge >= 0.3 is 0 Å². The molecule has 21 heavy (non-hydrogen) atoms. The summed E-state index contributed by atoms with van der Waals surface area (Å²) in [4.78, 5) is 0. The first-order chi connectivity index (χ1) is 10.1. The van der Waals surface area contributed by atoms with E-state index in [0.29, 0.717) is 12.1 Å². The molecule has 2 heteroatoms. The van der Waals surface area contributed by atoms with Crippen molar-refractivity contribution in [2.45, 2.75) is 72.4 Å². The van der Waals surface area contributed by atoms with Gasteiger partial charge in [-0.1, -0.05) is 13.0 Å². The van der Waals surface area contributed by atoms with Gasteiger partial charge in [0.2, 0.25) is 0 Å². The van der Waals surface area contributed by atoms with Gasteiger partial charge in [0.05, 0.1) is 12.1 Å². The Morgan fingerprint density at radius 1 is 1.14 bits per heavy atom. The zero-order valence-electron chi connectivity index (χ0n) is 14.4. The summed E-state index contributed by atoms with van der Waals surface area (Å²) in [6.45, 7) is 13.2. The third kappa shape index (κ3) is 3.67. The predicted octanol–water partition coefficient (Wildman–Crippen LogP) is 4.53. The molecule has 0 radical (unpaired) electrons. The largest absolute Gasteiger partial charge is 0.376 e. The molecule has 1 fully saturated rings. The molecule has 2 rings (SSSR count). The van der Waals surface area contributed by atoms with Crippen molar-refractivity contribution in [3.05, 3.63) is 33.9 Å². The number of nitrogens with one attached hydrogen (secondary N) is 1. The average molecular weight is 289 g/mol. The highest BCUT2D eigenvalue weighted by atomic mass is 16.5. The number of hydrogen-bond acceptors (Lipinski definition) is 2. The summed E-state index contributed by atoms with van der Waals surface area (Å²) in [6, 6.07) is 2.65. The Labute approximate surface area is 130 Å². The Morgan fingerprint density at radius 3 is 2.33 bits per heavy atom. The standard InChI is InChI=1S/C19H31NO/c1-6-10-20-19(17-9-7-8-11-21-17)18-15(4)13(2)12-14(3)16(18)5/h12,17,19-20H,6-11H2,1-5H3. The lowest BCUT2D eigenvalue weighted by atomic mass is 9.85. The van der Waals surface area contributed by atoms with Crippen LogP contribution in [0.2, 0.25) is 0 Å². The number of benzene rings is 1.